The molecule has 1 aromatic carbocycles. The highest BCUT2D eigenvalue weighted by atomic mass is 16.8. The van der Waals surface area contributed by atoms with Crippen LogP contribution in [0, 0.1) is 5.92 Å². The van der Waals surface area contributed by atoms with Crippen LogP contribution in [-0.2, 0) is 9.57 Å². The zero-order valence-electron chi connectivity index (χ0n) is 21.4. The highest BCUT2D eigenvalue weighted by Crippen LogP contribution is 2.23. The third-order valence-electron chi connectivity index (χ3n) is 5.70. The number of hydrogen-bond acceptors (Lipinski definition) is 9. The van der Waals surface area contributed by atoms with Gasteiger partial charge in [-0.25, -0.2) is 14.8 Å². The number of piperidine rings is 1. The number of hydrogen-bond donors (Lipinski definition) is 1. The Labute approximate surface area is 207 Å². The molecule has 2 heterocycles. The van der Waals surface area contributed by atoms with E-state index in [1.807, 2.05) is 65.1 Å². The molecule has 0 aliphatic carbocycles. The average Bonchev–Trinajstić information content (AvgIpc) is 2.80. The number of nitrogens with one attached hydrogen (secondary N) is 1. The second-order valence-electron chi connectivity index (χ2n) is 9.95. The molecule has 1 fully saturated rings. The number of ketones is 1. The maximum absolute atomic E-state index is 12.0. The molecular weight excluding hydrogens is 446 g/mol. The van der Waals surface area contributed by atoms with Gasteiger partial charge < -0.3 is 19.8 Å². The van der Waals surface area contributed by atoms with E-state index >= 15 is 0 Å². The highest BCUT2D eigenvalue weighted by Gasteiger charge is 2.26. The van der Waals surface area contributed by atoms with Crippen molar-refractivity contribution in [2.24, 2.45) is 5.92 Å². The molecule has 0 saturated carbocycles. The van der Waals surface area contributed by atoms with E-state index < -0.39 is 11.8 Å². The molecule has 0 unspecified atom stereocenters. The lowest BCUT2D eigenvalue weighted by Gasteiger charge is -2.33. The molecule has 1 saturated heterocycles. The first-order chi connectivity index (χ1) is 16.6. The molecule has 9 heteroatoms. The monoisotopic (exact) mass is 483 g/mol. The Morgan fingerprint density at radius 3 is 2.46 bits per heavy atom. The van der Waals surface area contributed by atoms with Crippen molar-refractivity contribution < 1.29 is 19.2 Å². The van der Waals surface area contributed by atoms with Crippen LogP contribution in [0.3, 0.4) is 0 Å². The smallest absolute Gasteiger partial charge is 0.427 e. The first kappa shape index (κ1) is 26.4. The van der Waals surface area contributed by atoms with Gasteiger partial charge in [-0.1, -0.05) is 6.92 Å². The van der Waals surface area contributed by atoms with Crippen molar-refractivity contribution in [1.82, 2.24) is 15.0 Å². The molecule has 9 nitrogen and oxygen atoms in total. The van der Waals surface area contributed by atoms with Crippen LogP contribution in [0.4, 0.5) is 22.1 Å². The average molecular weight is 484 g/mol. The van der Waals surface area contributed by atoms with Crippen LogP contribution in [0.15, 0.2) is 36.7 Å². The van der Waals surface area contributed by atoms with Crippen LogP contribution in [0.1, 0.15) is 63.7 Å². The van der Waals surface area contributed by atoms with Gasteiger partial charge in [0.05, 0.1) is 0 Å². The second-order valence-corrected chi connectivity index (χ2v) is 9.95. The van der Waals surface area contributed by atoms with E-state index in [2.05, 4.69) is 20.2 Å². The van der Waals surface area contributed by atoms with Crippen molar-refractivity contribution in [3.8, 4) is 0 Å². The molecule has 0 spiro atoms. The normalized spacial score (nSPS) is 14.9. The summed E-state index contributed by atoms with van der Waals surface area (Å²) < 4.78 is 5.22. The van der Waals surface area contributed by atoms with E-state index in [0.29, 0.717) is 31.2 Å². The van der Waals surface area contributed by atoms with Crippen molar-refractivity contribution in [3.05, 3.63) is 42.2 Å². The van der Waals surface area contributed by atoms with Gasteiger partial charge in [-0.3, -0.25) is 4.79 Å². The number of anilines is 3. The van der Waals surface area contributed by atoms with E-state index in [1.165, 1.54) is 0 Å². The molecule has 1 aromatic heterocycles. The third-order valence-corrected chi connectivity index (χ3v) is 5.70. The molecule has 2 aromatic rings. The van der Waals surface area contributed by atoms with Gasteiger partial charge in [0, 0.05) is 50.4 Å². The minimum absolute atomic E-state index is 0.159. The first-order valence-corrected chi connectivity index (χ1v) is 12.2. The van der Waals surface area contributed by atoms with Gasteiger partial charge in [0.15, 0.2) is 5.78 Å². The number of rotatable bonds is 9. The molecule has 190 valence electrons. The van der Waals surface area contributed by atoms with Gasteiger partial charge in [0.1, 0.15) is 23.6 Å². The van der Waals surface area contributed by atoms with Crippen molar-refractivity contribution in [2.75, 3.05) is 36.9 Å². The molecule has 0 atom stereocenters. The SMILES string of the molecule is CCCC(=O)c1ccc(Nc2cc(N(C)CC3CCN(OC(=O)OC(C)(C)C)CC3)ncn2)cc1. The maximum Gasteiger partial charge on any atom is 0.528 e. The summed E-state index contributed by atoms with van der Waals surface area (Å²) in [6.07, 6.45) is 4.11. The molecule has 0 bridgehead atoms. The number of aromatic nitrogens is 2. The van der Waals surface area contributed by atoms with Crippen molar-refractivity contribution in [3.63, 3.8) is 0 Å². The van der Waals surface area contributed by atoms with E-state index in [4.69, 9.17) is 9.57 Å². The number of hydroxylamine groups is 2. The van der Waals surface area contributed by atoms with E-state index in [-0.39, 0.29) is 5.78 Å². The van der Waals surface area contributed by atoms with E-state index in [1.54, 1.807) is 11.4 Å². The molecule has 0 radical (unpaired) electrons. The van der Waals surface area contributed by atoms with E-state index in [9.17, 15) is 9.59 Å². The lowest BCUT2D eigenvalue weighted by Crippen LogP contribution is -2.40. The first-order valence-electron chi connectivity index (χ1n) is 12.2. The largest absolute Gasteiger partial charge is 0.528 e. The zero-order valence-corrected chi connectivity index (χ0v) is 21.4. The predicted molar refractivity (Wildman–Crippen MR) is 136 cm³/mol. The van der Waals surface area contributed by atoms with E-state index in [0.717, 1.165) is 42.9 Å². The summed E-state index contributed by atoms with van der Waals surface area (Å²) in [6.45, 7) is 9.63. The summed E-state index contributed by atoms with van der Waals surface area (Å²) >= 11 is 0. The van der Waals surface area contributed by atoms with Crippen LogP contribution in [-0.4, -0.2) is 59.3 Å². The predicted octanol–water partition coefficient (Wildman–Crippen LogP) is 5.22. The summed E-state index contributed by atoms with van der Waals surface area (Å²) in [5.41, 5.74) is 1.02. The van der Waals surface area contributed by atoms with Gasteiger partial charge >= 0.3 is 6.16 Å². The Balaban J connectivity index is 1.49. The summed E-state index contributed by atoms with van der Waals surface area (Å²) in [5, 5.41) is 4.96. The second kappa shape index (κ2) is 12.0. The number of benzene rings is 1. The number of carbonyl (C=O) groups is 2. The molecular formula is C26H37N5O4. The molecule has 1 aliphatic rings. The van der Waals surface area contributed by atoms with Crippen LogP contribution in [0.5, 0.6) is 0 Å². The molecule has 1 aliphatic heterocycles. The minimum Gasteiger partial charge on any atom is -0.427 e. The number of nitrogens with zero attached hydrogens (tertiary/aromatic N) is 4. The Morgan fingerprint density at radius 2 is 1.83 bits per heavy atom. The standard InChI is InChI=1S/C26H37N5O4/c1-6-7-22(32)20-8-10-21(11-9-20)29-23-16-24(28-18-27-23)30(5)17-19-12-14-31(15-13-19)35-25(33)34-26(2,3)4/h8-11,16,18-19H,6-7,12-15,17H2,1-5H3,(H,27,28,29). The summed E-state index contributed by atoms with van der Waals surface area (Å²) in [5.74, 6) is 2.13. The Hall–Kier alpha value is -3.20. The van der Waals surface area contributed by atoms with Crippen molar-refractivity contribution in [1.29, 1.82) is 0 Å². The fourth-order valence-corrected chi connectivity index (χ4v) is 3.92. The van der Waals surface area contributed by atoms with Crippen molar-refractivity contribution in [2.45, 2.75) is 59.0 Å². The highest BCUT2D eigenvalue weighted by molar-refractivity contribution is 5.96. The summed E-state index contributed by atoms with van der Waals surface area (Å²) in [7, 11) is 2.02. The maximum atomic E-state index is 12.0. The number of carbonyl (C=O) groups excluding carboxylic acids is 2. The minimum atomic E-state index is -0.656. The lowest BCUT2D eigenvalue weighted by atomic mass is 9.97. The van der Waals surface area contributed by atoms with Gasteiger partial charge in [-0.15, -0.1) is 5.06 Å². The zero-order chi connectivity index (χ0) is 25.4. The Morgan fingerprint density at radius 1 is 1.14 bits per heavy atom. The lowest BCUT2D eigenvalue weighted by molar-refractivity contribution is -0.154. The van der Waals surface area contributed by atoms with Crippen LogP contribution in [0.25, 0.3) is 0 Å². The Bertz CT molecular complexity index is 982. The molecule has 35 heavy (non-hydrogen) atoms. The Kier molecular flexibility index (Phi) is 9.03. The molecule has 1 N–H and O–H groups in total. The summed E-state index contributed by atoms with van der Waals surface area (Å²) in [4.78, 5) is 40.1. The molecule has 3 rings (SSSR count). The van der Waals surface area contributed by atoms with Crippen LogP contribution in [0.2, 0.25) is 0 Å². The van der Waals surface area contributed by atoms with Crippen molar-refractivity contribution >= 4 is 29.3 Å². The fraction of sp³-hybridized carbons (Fsp3) is 0.538. The number of Topliss-reactive ketones (excluding diaryl/α,β-unsaturated/α-hetero) is 1. The van der Waals surface area contributed by atoms with Gasteiger partial charge in [0.25, 0.3) is 0 Å². The molecule has 0 amide bonds. The van der Waals surface area contributed by atoms with Crippen LogP contribution < -0.4 is 10.2 Å². The quantitative estimate of drug-likeness (QED) is 0.380. The van der Waals surface area contributed by atoms with Gasteiger partial charge in [-0.2, -0.15) is 0 Å². The van der Waals surface area contributed by atoms with Gasteiger partial charge in [-0.05, 0) is 70.2 Å². The number of ether oxygens (including phenoxy) is 1. The topological polar surface area (TPSA) is 96.9 Å². The van der Waals surface area contributed by atoms with Gasteiger partial charge in [0.2, 0.25) is 0 Å². The van der Waals surface area contributed by atoms with Crippen LogP contribution >= 0.6 is 0 Å². The fourth-order valence-electron chi connectivity index (χ4n) is 3.92. The summed E-state index contributed by atoms with van der Waals surface area (Å²) in [6, 6.07) is 9.38. The third kappa shape index (κ3) is 8.51.